The lowest BCUT2D eigenvalue weighted by Gasteiger charge is -2.32. The standard InChI is InChI=1S/C18H29BClNO5Si/c1-9-24-13(22)11-21-10-12(15(27(6,7)8)14(20)16(21)23)19-25-17(2,3)18(4,5)26-19/h10H,9,11H2,1-8H3. The van der Waals surface area contributed by atoms with E-state index >= 15 is 0 Å². The lowest BCUT2D eigenvalue weighted by Crippen LogP contribution is -2.57. The Morgan fingerprint density at radius 1 is 1.22 bits per heavy atom. The van der Waals surface area contributed by atoms with E-state index in [9.17, 15) is 9.59 Å². The third kappa shape index (κ3) is 4.34. The van der Waals surface area contributed by atoms with Gasteiger partial charge in [0.05, 0.1) is 25.9 Å². The minimum atomic E-state index is -2.01. The number of ether oxygens (including phenoxy) is 1. The molecule has 150 valence electrons. The molecule has 6 nitrogen and oxygen atoms in total. The normalized spacial score (nSPS) is 18.6. The third-order valence-corrected chi connectivity index (χ3v) is 7.66. The van der Waals surface area contributed by atoms with Crippen molar-refractivity contribution in [2.75, 3.05) is 6.61 Å². The zero-order valence-corrected chi connectivity index (χ0v) is 19.2. The van der Waals surface area contributed by atoms with Crippen LogP contribution in [0.4, 0.5) is 0 Å². The maximum atomic E-state index is 12.8. The van der Waals surface area contributed by atoms with Crippen LogP contribution in [0.25, 0.3) is 0 Å². The van der Waals surface area contributed by atoms with E-state index in [-0.39, 0.29) is 18.2 Å². The Morgan fingerprint density at radius 2 is 1.74 bits per heavy atom. The van der Waals surface area contributed by atoms with Crippen LogP contribution in [-0.2, 0) is 25.4 Å². The van der Waals surface area contributed by atoms with Gasteiger partial charge in [-0.2, -0.15) is 0 Å². The molecule has 2 rings (SSSR count). The molecule has 0 atom stereocenters. The number of halogens is 1. The van der Waals surface area contributed by atoms with Gasteiger partial charge in [-0.3, -0.25) is 9.59 Å². The molecule has 1 aromatic heterocycles. The Hall–Kier alpha value is -1.09. The highest BCUT2D eigenvalue weighted by atomic mass is 35.5. The topological polar surface area (TPSA) is 66.8 Å². The summed E-state index contributed by atoms with van der Waals surface area (Å²) in [6.07, 6.45) is 1.64. The molecule has 0 amide bonds. The molecule has 0 unspecified atom stereocenters. The fraction of sp³-hybridized carbons (Fsp3) is 0.667. The second-order valence-corrected chi connectivity index (χ2v) is 14.2. The number of pyridine rings is 1. The van der Waals surface area contributed by atoms with Crippen molar-refractivity contribution in [1.29, 1.82) is 0 Å². The van der Waals surface area contributed by atoms with Gasteiger partial charge in [0.2, 0.25) is 0 Å². The van der Waals surface area contributed by atoms with Crippen molar-refractivity contribution in [2.24, 2.45) is 0 Å². The maximum Gasteiger partial charge on any atom is 0.496 e. The molecule has 1 fully saturated rings. The molecule has 0 saturated carbocycles. The van der Waals surface area contributed by atoms with Crippen LogP contribution >= 0.6 is 11.6 Å². The van der Waals surface area contributed by atoms with Gasteiger partial charge in [0, 0.05) is 6.20 Å². The van der Waals surface area contributed by atoms with Gasteiger partial charge in [0.25, 0.3) is 5.56 Å². The molecule has 0 aromatic carbocycles. The SMILES string of the molecule is CCOC(=O)Cn1cc(B2OC(C)(C)C(C)(C)O2)c([Si](C)(C)C)c(Cl)c1=O. The monoisotopic (exact) mass is 413 g/mol. The number of esters is 1. The molecule has 1 saturated heterocycles. The first-order valence-corrected chi connectivity index (χ1v) is 13.0. The highest BCUT2D eigenvalue weighted by molar-refractivity contribution is 6.93. The van der Waals surface area contributed by atoms with Gasteiger partial charge in [0.15, 0.2) is 0 Å². The molecule has 0 N–H and O–H groups in total. The van der Waals surface area contributed by atoms with Crippen molar-refractivity contribution >= 4 is 43.4 Å². The summed E-state index contributed by atoms with van der Waals surface area (Å²) in [6, 6.07) is 0. The minimum absolute atomic E-state index is 0.130. The average molecular weight is 414 g/mol. The summed E-state index contributed by atoms with van der Waals surface area (Å²) in [5.41, 5.74) is -0.740. The van der Waals surface area contributed by atoms with Gasteiger partial charge < -0.3 is 18.6 Å². The Balaban J connectivity index is 2.62. The van der Waals surface area contributed by atoms with E-state index in [1.807, 2.05) is 27.7 Å². The Kier molecular flexibility index (Phi) is 6.07. The molecule has 27 heavy (non-hydrogen) atoms. The minimum Gasteiger partial charge on any atom is -0.465 e. The molecule has 0 radical (unpaired) electrons. The van der Waals surface area contributed by atoms with Gasteiger partial charge in [0.1, 0.15) is 11.6 Å². The highest BCUT2D eigenvalue weighted by Crippen LogP contribution is 2.36. The average Bonchev–Trinajstić information content (AvgIpc) is 2.70. The number of nitrogens with zero attached hydrogens (tertiary/aromatic N) is 1. The van der Waals surface area contributed by atoms with E-state index in [4.69, 9.17) is 25.6 Å². The molecule has 1 aliphatic heterocycles. The van der Waals surface area contributed by atoms with Gasteiger partial charge in [-0.15, -0.1) is 0 Å². The first kappa shape index (κ1) is 22.2. The van der Waals surface area contributed by atoms with Crippen LogP contribution in [0.15, 0.2) is 11.0 Å². The molecule has 0 aliphatic carbocycles. The lowest BCUT2D eigenvalue weighted by atomic mass is 9.80. The van der Waals surface area contributed by atoms with Gasteiger partial charge in [-0.25, -0.2) is 0 Å². The number of aromatic nitrogens is 1. The lowest BCUT2D eigenvalue weighted by molar-refractivity contribution is -0.143. The summed E-state index contributed by atoms with van der Waals surface area (Å²) in [5, 5.41) is 0.929. The van der Waals surface area contributed by atoms with Gasteiger partial charge in [-0.05, 0) is 45.3 Å². The molecule has 0 bridgehead atoms. The van der Waals surface area contributed by atoms with E-state index in [0.29, 0.717) is 5.46 Å². The third-order valence-electron chi connectivity index (χ3n) is 5.11. The van der Waals surface area contributed by atoms with Crippen molar-refractivity contribution < 1.29 is 18.8 Å². The summed E-state index contributed by atoms with van der Waals surface area (Å²) >= 11 is 6.51. The van der Waals surface area contributed by atoms with E-state index in [0.717, 1.165) is 5.19 Å². The van der Waals surface area contributed by atoms with Gasteiger partial charge in [-0.1, -0.05) is 31.2 Å². The zero-order valence-electron chi connectivity index (χ0n) is 17.4. The molecule has 1 aliphatic rings. The van der Waals surface area contributed by atoms with Crippen molar-refractivity contribution in [3.05, 3.63) is 21.6 Å². The number of hydrogen-bond acceptors (Lipinski definition) is 5. The van der Waals surface area contributed by atoms with Crippen LogP contribution in [0.3, 0.4) is 0 Å². The van der Waals surface area contributed by atoms with Crippen LogP contribution in [0.2, 0.25) is 24.7 Å². The van der Waals surface area contributed by atoms with Crippen molar-refractivity contribution in [3.63, 3.8) is 0 Å². The summed E-state index contributed by atoms with van der Waals surface area (Å²) in [4.78, 5) is 24.7. The molecular formula is C18H29BClNO5Si. The Bertz CT molecular complexity index is 784. The number of carbonyl (C=O) groups is 1. The highest BCUT2D eigenvalue weighted by Gasteiger charge is 2.53. The fourth-order valence-corrected chi connectivity index (χ4v) is 5.91. The Labute approximate surface area is 167 Å². The molecule has 1 aromatic rings. The number of carbonyl (C=O) groups excluding carboxylic acids is 1. The first-order chi connectivity index (χ1) is 12.2. The van der Waals surface area contributed by atoms with Crippen LogP contribution in [-0.4, -0.2) is 43.5 Å². The van der Waals surface area contributed by atoms with Crippen LogP contribution in [0, 0.1) is 0 Å². The maximum absolute atomic E-state index is 12.8. The molecular weight excluding hydrogens is 385 g/mol. The predicted molar refractivity (Wildman–Crippen MR) is 111 cm³/mol. The summed E-state index contributed by atoms with van der Waals surface area (Å²) in [5.74, 6) is -0.490. The molecule has 2 heterocycles. The van der Waals surface area contributed by atoms with Crippen LogP contribution in [0.5, 0.6) is 0 Å². The van der Waals surface area contributed by atoms with Crippen molar-refractivity contribution in [3.8, 4) is 0 Å². The van der Waals surface area contributed by atoms with Crippen LogP contribution < -0.4 is 16.2 Å². The van der Waals surface area contributed by atoms with Crippen molar-refractivity contribution in [1.82, 2.24) is 4.57 Å². The molecule has 0 spiro atoms. The van der Waals surface area contributed by atoms with E-state index in [1.165, 1.54) is 4.57 Å². The second kappa shape index (κ2) is 7.39. The van der Waals surface area contributed by atoms with E-state index < -0.39 is 37.9 Å². The predicted octanol–water partition coefficient (Wildman–Crippen LogP) is 1.91. The van der Waals surface area contributed by atoms with Crippen LogP contribution in [0.1, 0.15) is 34.6 Å². The van der Waals surface area contributed by atoms with E-state index in [2.05, 4.69) is 19.6 Å². The van der Waals surface area contributed by atoms with E-state index in [1.54, 1.807) is 13.1 Å². The zero-order chi connectivity index (χ0) is 20.8. The summed E-state index contributed by atoms with van der Waals surface area (Å²) in [6.45, 7) is 16.0. The van der Waals surface area contributed by atoms with Gasteiger partial charge >= 0.3 is 13.1 Å². The first-order valence-electron chi connectivity index (χ1n) is 9.16. The molecule has 9 heteroatoms. The number of hydrogen-bond donors (Lipinski definition) is 0. The Morgan fingerprint density at radius 3 is 2.19 bits per heavy atom. The smallest absolute Gasteiger partial charge is 0.465 e. The second-order valence-electron chi connectivity index (χ2n) is 8.85. The quantitative estimate of drug-likeness (QED) is 0.545. The fourth-order valence-electron chi connectivity index (χ4n) is 3.02. The summed E-state index contributed by atoms with van der Waals surface area (Å²) < 4.78 is 18.7. The van der Waals surface area contributed by atoms with Crippen molar-refractivity contribution in [2.45, 2.75) is 72.0 Å². The summed E-state index contributed by atoms with van der Waals surface area (Å²) in [7, 11) is -2.68. The largest absolute Gasteiger partial charge is 0.496 e. The number of rotatable bonds is 5.